The number of carbonyl (C=O) groups is 1. The number of hydrogen-bond donors (Lipinski definition) is 1. The van der Waals surface area contributed by atoms with E-state index in [1.807, 2.05) is 5.32 Å². The summed E-state index contributed by atoms with van der Waals surface area (Å²) in [7, 11) is 0. The summed E-state index contributed by atoms with van der Waals surface area (Å²) < 4.78 is 55.2. The molecule has 118 valence electrons. The number of amides is 1. The van der Waals surface area contributed by atoms with E-state index in [1.54, 1.807) is 6.92 Å². The highest BCUT2D eigenvalue weighted by Crippen LogP contribution is 2.25. The van der Waals surface area contributed by atoms with Gasteiger partial charge < -0.3 is 5.32 Å². The van der Waals surface area contributed by atoms with Gasteiger partial charge in [-0.05, 0) is 22.4 Å². The maximum Gasteiger partial charge on any atom is 0.249 e. The number of nitrogens with one attached hydrogen (secondary N) is 1. The van der Waals surface area contributed by atoms with Crippen LogP contribution in [-0.2, 0) is 4.79 Å². The van der Waals surface area contributed by atoms with Crippen LogP contribution in [0.15, 0.2) is 22.9 Å². The van der Waals surface area contributed by atoms with Gasteiger partial charge >= 0.3 is 0 Å². The van der Waals surface area contributed by atoms with Crippen LogP contribution in [0.3, 0.4) is 0 Å². The Labute approximate surface area is 131 Å². The second-order valence-electron chi connectivity index (χ2n) is 4.40. The zero-order valence-electron chi connectivity index (χ0n) is 11.2. The molecule has 22 heavy (non-hydrogen) atoms. The Balaban J connectivity index is 2.32. The van der Waals surface area contributed by atoms with Crippen LogP contribution in [0.2, 0.25) is 0 Å². The van der Waals surface area contributed by atoms with Gasteiger partial charge in [0.1, 0.15) is 11.7 Å². The summed E-state index contributed by atoms with van der Waals surface area (Å²) >= 11 is 3.15. The maximum absolute atomic E-state index is 13.6. The Morgan fingerprint density at radius 1 is 1.32 bits per heavy atom. The van der Waals surface area contributed by atoms with Crippen molar-refractivity contribution < 1.29 is 22.4 Å². The molecule has 2 rings (SSSR count). The lowest BCUT2D eigenvalue weighted by Crippen LogP contribution is -2.27. The van der Waals surface area contributed by atoms with Crippen LogP contribution in [0.25, 0.3) is 0 Å². The van der Waals surface area contributed by atoms with Crippen molar-refractivity contribution in [2.45, 2.75) is 19.4 Å². The van der Waals surface area contributed by atoms with Crippen molar-refractivity contribution in [2.24, 2.45) is 0 Å². The van der Waals surface area contributed by atoms with Gasteiger partial charge in [-0.2, -0.15) is 5.10 Å². The number of rotatable bonds is 4. The molecule has 4 nitrogen and oxygen atoms in total. The van der Waals surface area contributed by atoms with E-state index in [0.29, 0.717) is 4.47 Å². The van der Waals surface area contributed by atoms with Gasteiger partial charge in [0, 0.05) is 12.3 Å². The highest BCUT2D eigenvalue weighted by atomic mass is 79.9. The van der Waals surface area contributed by atoms with Crippen molar-refractivity contribution in [2.75, 3.05) is 5.32 Å². The van der Waals surface area contributed by atoms with Gasteiger partial charge in [-0.15, -0.1) is 0 Å². The first-order chi connectivity index (χ1) is 10.3. The van der Waals surface area contributed by atoms with E-state index in [2.05, 4.69) is 21.0 Å². The molecule has 1 aromatic carbocycles. The zero-order chi connectivity index (χ0) is 16.4. The Morgan fingerprint density at radius 2 is 1.91 bits per heavy atom. The molecule has 0 fully saturated rings. The molecule has 0 saturated carbocycles. The van der Waals surface area contributed by atoms with E-state index >= 15 is 0 Å². The minimum absolute atomic E-state index is 0.0717. The molecule has 0 aliphatic rings. The van der Waals surface area contributed by atoms with Gasteiger partial charge in [-0.1, -0.05) is 6.92 Å². The average molecular weight is 380 g/mol. The summed E-state index contributed by atoms with van der Waals surface area (Å²) in [6.45, 7) is 1.65. The number of aromatic nitrogens is 2. The maximum atomic E-state index is 13.6. The number of anilines is 1. The number of nitrogens with zero attached hydrogens (tertiary/aromatic N) is 2. The molecule has 1 aromatic heterocycles. The first-order valence-corrected chi connectivity index (χ1v) is 6.98. The molecular formula is C13H10BrF4N3O. The number of halogens is 5. The fourth-order valence-electron chi connectivity index (χ4n) is 1.87. The molecule has 1 heterocycles. The van der Waals surface area contributed by atoms with E-state index in [9.17, 15) is 22.4 Å². The number of hydrogen-bond acceptors (Lipinski definition) is 2. The minimum atomic E-state index is -1.66. The van der Waals surface area contributed by atoms with Crippen molar-refractivity contribution in [3.63, 3.8) is 0 Å². The van der Waals surface area contributed by atoms with E-state index in [1.165, 1.54) is 17.1 Å². The molecule has 0 saturated heterocycles. The quantitative estimate of drug-likeness (QED) is 0.648. The molecule has 0 aliphatic carbocycles. The first kappa shape index (κ1) is 16.5. The van der Waals surface area contributed by atoms with Crippen LogP contribution in [0.5, 0.6) is 0 Å². The van der Waals surface area contributed by atoms with E-state index in [0.717, 1.165) is 0 Å². The lowest BCUT2D eigenvalue weighted by Gasteiger charge is -2.16. The van der Waals surface area contributed by atoms with Crippen LogP contribution in [0.1, 0.15) is 19.4 Å². The van der Waals surface area contributed by atoms with Crippen molar-refractivity contribution >= 4 is 27.5 Å². The van der Waals surface area contributed by atoms with E-state index in [-0.39, 0.29) is 12.5 Å². The minimum Gasteiger partial charge on any atom is -0.319 e. The third-order valence-electron chi connectivity index (χ3n) is 2.94. The van der Waals surface area contributed by atoms with Crippen LogP contribution in [0, 0.1) is 23.3 Å². The molecule has 1 atom stereocenters. The summed E-state index contributed by atoms with van der Waals surface area (Å²) in [5, 5.41) is 5.78. The van der Waals surface area contributed by atoms with Gasteiger partial charge in [-0.25, -0.2) is 17.6 Å². The smallest absolute Gasteiger partial charge is 0.249 e. The summed E-state index contributed by atoms with van der Waals surface area (Å²) in [6, 6.07) is -0.821. The monoisotopic (exact) mass is 379 g/mol. The average Bonchev–Trinajstić information content (AvgIpc) is 2.88. The topological polar surface area (TPSA) is 46.9 Å². The zero-order valence-corrected chi connectivity index (χ0v) is 12.8. The predicted octanol–water partition coefficient (Wildman–Crippen LogP) is 3.79. The highest BCUT2D eigenvalue weighted by molar-refractivity contribution is 9.10. The molecule has 9 heteroatoms. The second-order valence-corrected chi connectivity index (χ2v) is 5.31. The molecule has 1 amide bonds. The molecule has 0 bridgehead atoms. The molecule has 2 aromatic rings. The van der Waals surface area contributed by atoms with Crippen LogP contribution in [0.4, 0.5) is 23.2 Å². The van der Waals surface area contributed by atoms with E-state index < -0.39 is 40.9 Å². The summed E-state index contributed by atoms with van der Waals surface area (Å²) in [6.07, 6.45) is 3.17. The van der Waals surface area contributed by atoms with Gasteiger partial charge in [0.15, 0.2) is 23.3 Å². The first-order valence-electron chi connectivity index (χ1n) is 6.18. The third kappa shape index (κ3) is 3.13. The van der Waals surface area contributed by atoms with Crippen LogP contribution < -0.4 is 5.32 Å². The molecule has 0 spiro atoms. The standard InChI is InChI=1S/C13H10BrF4N3O/c1-2-9(21-5-6(14)4-19-21)13(22)20-12-10(17)7(15)3-8(16)11(12)18/h3-5,9H,2H2,1H3,(H,20,22). The Hall–Kier alpha value is -1.90. The van der Waals surface area contributed by atoms with Crippen molar-refractivity contribution in [3.05, 3.63) is 46.2 Å². The van der Waals surface area contributed by atoms with Gasteiger partial charge in [0.05, 0.1) is 10.7 Å². The third-order valence-corrected chi connectivity index (χ3v) is 3.35. The van der Waals surface area contributed by atoms with Crippen molar-refractivity contribution in [3.8, 4) is 0 Å². The highest BCUT2D eigenvalue weighted by Gasteiger charge is 2.25. The molecule has 0 aliphatic heterocycles. The largest absolute Gasteiger partial charge is 0.319 e. The predicted molar refractivity (Wildman–Crippen MR) is 74.2 cm³/mol. The molecule has 1 N–H and O–H groups in total. The van der Waals surface area contributed by atoms with Gasteiger partial charge in [0.25, 0.3) is 0 Å². The fraction of sp³-hybridized carbons (Fsp3) is 0.231. The van der Waals surface area contributed by atoms with Crippen LogP contribution >= 0.6 is 15.9 Å². The summed E-state index contributed by atoms with van der Waals surface area (Å²) in [4.78, 5) is 12.1. The van der Waals surface area contributed by atoms with Crippen molar-refractivity contribution in [1.82, 2.24) is 9.78 Å². The van der Waals surface area contributed by atoms with Gasteiger partial charge in [0.2, 0.25) is 5.91 Å². The van der Waals surface area contributed by atoms with E-state index in [4.69, 9.17) is 0 Å². The number of carbonyl (C=O) groups excluding carboxylic acids is 1. The normalized spacial score (nSPS) is 12.3. The summed E-state index contributed by atoms with van der Waals surface area (Å²) in [5.74, 6) is -7.36. The molecule has 1 unspecified atom stereocenters. The second kappa shape index (κ2) is 6.47. The lowest BCUT2D eigenvalue weighted by molar-refractivity contribution is -0.119. The number of benzene rings is 1. The van der Waals surface area contributed by atoms with Crippen LogP contribution in [-0.4, -0.2) is 15.7 Å². The molecular weight excluding hydrogens is 370 g/mol. The lowest BCUT2D eigenvalue weighted by atomic mass is 10.2. The Bertz CT molecular complexity index is 693. The fourth-order valence-corrected chi connectivity index (χ4v) is 2.17. The molecule has 0 radical (unpaired) electrons. The Morgan fingerprint density at radius 3 is 2.36 bits per heavy atom. The van der Waals surface area contributed by atoms with Gasteiger partial charge in [-0.3, -0.25) is 9.48 Å². The van der Waals surface area contributed by atoms with Crippen molar-refractivity contribution in [1.29, 1.82) is 0 Å². The SMILES string of the molecule is CCC(C(=O)Nc1c(F)c(F)cc(F)c1F)n1cc(Br)cn1. The Kier molecular flexibility index (Phi) is 4.84. The summed E-state index contributed by atoms with van der Waals surface area (Å²) in [5.41, 5.74) is -1.16.